The van der Waals surface area contributed by atoms with E-state index in [1.165, 1.54) is 6.07 Å². The fourth-order valence-electron chi connectivity index (χ4n) is 1.20. The third-order valence-corrected chi connectivity index (χ3v) is 1.74. The second-order valence-corrected chi connectivity index (χ2v) is 2.52. The Labute approximate surface area is 63.4 Å². The molecule has 1 aliphatic rings. The lowest BCUT2D eigenvalue weighted by Gasteiger charge is -2.01. The molecule has 0 amide bonds. The van der Waals surface area contributed by atoms with E-state index >= 15 is 0 Å². The zero-order valence-corrected chi connectivity index (χ0v) is 6.20. The molecule has 1 aliphatic heterocycles. The van der Waals surface area contributed by atoms with Crippen molar-refractivity contribution in [2.75, 3.05) is 6.61 Å². The van der Waals surface area contributed by atoms with Crippen LogP contribution in [0.2, 0.25) is 0 Å². The number of ether oxygens (including phenoxy) is 1. The number of fused-ring (bicyclic) bond motifs is 1. The van der Waals surface area contributed by atoms with Gasteiger partial charge in [0.15, 0.2) is 0 Å². The van der Waals surface area contributed by atoms with E-state index in [9.17, 15) is 4.79 Å². The van der Waals surface area contributed by atoms with Crippen LogP contribution in [0.3, 0.4) is 0 Å². The molecule has 0 N–H and O–H groups in total. The first-order valence-corrected chi connectivity index (χ1v) is 3.48. The summed E-state index contributed by atoms with van der Waals surface area (Å²) in [6, 6.07) is 1.97. The normalized spacial score (nSPS) is 14.3. The van der Waals surface area contributed by atoms with Gasteiger partial charge in [0.05, 0.1) is 6.54 Å². The lowest BCUT2D eigenvalue weighted by Crippen LogP contribution is -2.11. The van der Waals surface area contributed by atoms with E-state index in [4.69, 9.17) is 4.74 Å². The Morgan fingerprint density at radius 3 is 3.36 bits per heavy atom. The predicted molar refractivity (Wildman–Crippen MR) is 38.7 cm³/mol. The molecule has 0 radical (unpaired) electrons. The Kier molecular flexibility index (Phi) is 1.21. The molecular weight excluding hydrogens is 144 g/mol. The van der Waals surface area contributed by atoms with Crippen molar-refractivity contribution in [1.29, 1.82) is 0 Å². The van der Waals surface area contributed by atoms with E-state index in [-0.39, 0.29) is 5.56 Å². The first-order valence-electron chi connectivity index (χ1n) is 3.48. The Morgan fingerprint density at radius 2 is 2.55 bits per heavy atom. The van der Waals surface area contributed by atoms with Gasteiger partial charge in [0.1, 0.15) is 6.61 Å². The molecule has 11 heavy (non-hydrogen) atoms. The van der Waals surface area contributed by atoms with Gasteiger partial charge < -0.3 is 4.74 Å². The summed E-state index contributed by atoms with van der Waals surface area (Å²) < 4.78 is 7.00. The molecule has 4 nitrogen and oxygen atoms in total. The van der Waals surface area contributed by atoms with Crippen molar-refractivity contribution >= 4 is 0 Å². The largest absolute Gasteiger partial charge is 0.463 e. The highest BCUT2D eigenvalue weighted by atomic mass is 16.5. The number of hydrogen-bond donors (Lipinski definition) is 0. The van der Waals surface area contributed by atoms with Crippen molar-refractivity contribution in [3.05, 3.63) is 22.1 Å². The van der Waals surface area contributed by atoms with Crippen molar-refractivity contribution in [3.63, 3.8) is 0 Å². The number of nitrogens with zero attached hydrogens (tertiary/aromatic N) is 2. The third-order valence-electron chi connectivity index (χ3n) is 1.74. The van der Waals surface area contributed by atoms with Gasteiger partial charge in [0.2, 0.25) is 0 Å². The Balaban J connectivity index is 2.70. The summed E-state index contributed by atoms with van der Waals surface area (Å²) in [5.41, 5.74) is 0.688. The lowest BCUT2D eigenvalue weighted by atomic mass is 10.4. The average Bonchev–Trinajstić information content (AvgIpc) is 2.34. The molecular formula is C7H8N2O2. The fourth-order valence-corrected chi connectivity index (χ4v) is 1.20. The van der Waals surface area contributed by atoms with E-state index in [1.54, 1.807) is 0 Å². The average molecular weight is 152 g/mol. The maximum atomic E-state index is 10.8. The van der Waals surface area contributed by atoms with Crippen LogP contribution < -0.4 is 10.3 Å². The monoisotopic (exact) mass is 152 g/mol. The highest BCUT2D eigenvalue weighted by Crippen LogP contribution is 2.13. The number of aryl methyl sites for hydroxylation is 1. The molecule has 1 aromatic heterocycles. The van der Waals surface area contributed by atoms with E-state index < -0.39 is 0 Å². The van der Waals surface area contributed by atoms with Crippen LogP contribution in [0.25, 0.3) is 0 Å². The molecule has 0 spiro atoms. The topological polar surface area (TPSA) is 44.1 Å². The second kappa shape index (κ2) is 2.08. The van der Waals surface area contributed by atoms with E-state index in [1.807, 2.05) is 11.5 Å². The minimum atomic E-state index is -0.226. The summed E-state index contributed by atoms with van der Waals surface area (Å²) in [7, 11) is 0. The molecule has 0 saturated carbocycles. The number of rotatable bonds is 0. The van der Waals surface area contributed by atoms with Crippen LogP contribution in [0.4, 0.5) is 0 Å². The van der Waals surface area contributed by atoms with Crippen LogP contribution >= 0.6 is 0 Å². The van der Waals surface area contributed by atoms with E-state index in [0.29, 0.717) is 12.6 Å². The van der Waals surface area contributed by atoms with Crippen LogP contribution in [0, 0.1) is 6.92 Å². The Morgan fingerprint density at radius 1 is 1.73 bits per heavy atom. The molecule has 1 aromatic rings. The highest BCUT2D eigenvalue weighted by molar-refractivity contribution is 5.10. The van der Waals surface area contributed by atoms with Crippen molar-refractivity contribution in [1.82, 2.24) is 9.55 Å². The summed E-state index contributed by atoms with van der Waals surface area (Å²) in [6.45, 7) is 3.30. The summed E-state index contributed by atoms with van der Waals surface area (Å²) in [5.74, 6) is 0. The zero-order chi connectivity index (χ0) is 7.84. The standard InChI is InChI=1S/C7H8N2O2/c1-5-4-6(10)8-7-9(5)2-3-11-7/h4H,2-3H2,1H3. The lowest BCUT2D eigenvalue weighted by molar-refractivity contribution is 0.343. The molecule has 0 aromatic carbocycles. The predicted octanol–water partition coefficient (Wildman–Crippen LogP) is -0.0559. The molecule has 4 heteroatoms. The Bertz CT molecular complexity index is 343. The third kappa shape index (κ3) is 0.906. The van der Waals surface area contributed by atoms with Gasteiger partial charge in [-0.1, -0.05) is 0 Å². The molecule has 0 fully saturated rings. The van der Waals surface area contributed by atoms with Gasteiger partial charge in [-0.05, 0) is 6.92 Å². The minimum Gasteiger partial charge on any atom is -0.463 e. The van der Waals surface area contributed by atoms with Crippen molar-refractivity contribution in [2.24, 2.45) is 0 Å². The molecule has 0 unspecified atom stereocenters. The number of aromatic nitrogens is 2. The Hall–Kier alpha value is -1.32. The van der Waals surface area contributed by atoms with Crippen LogP contribution in [0.5, 0.6) is 6.01 Å². The molecule has 0 aliphatic carbocycles. The summed E-state index contributed by atoms with van der Waals surface area (Å²) >= 11 is 0. The van der Waals surface area contributed by atoms with Gasteiger partial charge in [0, 0.05) is 11.8 Å². The maximum absolute atomic E-state index is 10.8. The van der Waals surface area contributed by atoms with Crippen molar-refractivity contribution in [2.45, 2.75) is 13.5 Å². The summed E-state index contributed by atoms with van der Waals surface area (Å²) in [5, 5.41) is 0. The van der Waals surface area contributed by atoms with E-state index in [2.05, 4.69) is 4.98 Å². The minimum absolute atomic E-state index is 0.226. The first-order chi connectivity index (χ1) is 5.27. The molecule has 2 rings (SSSR count). The highest BCUT2D eigenvalue weighted by Gasteiger charge is 2.13. The van der Waals surface area contributed by atoms with E-state index in [0.717, 1.165) is 12.2 Å². The SMILES string of the molecule is Cc1cc(=O)nc2n1CCO2. The molecule has 0 saturated heterocycles. The van der Waals surface area contributed by atoms with Crippen LogP contribution in [0.15, 0.2) is 10.9 Å². The van der Waals surface area contributed by atoms with Gasteiger partial charge in [-0.25, -0.2) is 0 Å². The van der Waals surface area contributed by atoms with Gasteiger partial charge in [-0.15, -0.1) is 0 Å². The van der Waals surface area contributed by atoms with Gasteiger partial charge in [0.25, 0.3) is 11.6 Å². The van der Waals surface area contributed by atoms with Gasteiger partial charge in [-0.3, -0.25) is 9.36 Å². The maximum Gasteiger partial charge on any atom is 0.300 e. The summed E-state index contributed by atoms with van der Waals surface area (Å²) in [6.07, 6.45) is 0. The first kappa shape index (κ1) is 6.39. The second-order valence-electron chi connectivity index (χ2n) is 2.52. The molecule has 0 atom stereocenters. The van der Waals surface area contributed by atoms with Crippen molar-refractivity contribution in [3.8, 4) is 6.01 Å². The smallest absolute Gasteiger partial charge is 0.300 e. The molecule has 58 valence electrons. The number of hydrogen-bond acceptors (Lipinski definition) is 3. The van der Waals surface area contributed by atoms with Gasteiger partial charge >= 0.3 is 0 Å². The fraction of sp³-hybridized carbons (Fsp3) is 0.429. The van der Waals surface area contributed by atoms with Crippen molar-refractivity contribution < 1.29 is 4.74 Å². The quantitative estimate of drug-likeness (QED) is 0.523. The summed E-state index contributed by atoms with van der Waals surface area (Å²) in [4.78, 5) is 14.5. The van der Waals surface area contributed by atoms with Crippen LogP contribution in [0.1, 0.15) is 5.69 Å². The van der Waals surface area contributed by atoms with Crippen LogP contribution in [-0.2, 0) is 6.54 Å². The molecule has 2 heterocycles. The van der Waals surface area contributed by atoms with Crippen LogP contribution in [-0.4, -0.2) is 16.2 Å². The van der Waals surface area contributed by atoms with Gasteiger partial charge in [-0.2, -0.15) is 4.98 Å². The molecule has 0 bridgehead atoms. The zero-order valence-electron chi connectivity index (χ0n) is 6.20.